The maximum absolute atomic E-state index is 2.49. The maximum atomic E-state index is 2.49. The smallest absolute Gasteiger partial charge is 0.000102 e. The summed E-state index contributed by atoms with van der Waals surface area (Å²) in [5.74, 6) is 3.50. The largest absolute Gasteiger partial charge is 0.309 e. The first-order chi connectivity index (χ1) is 8.92. The summed E-state index contributed by atoms with van der Waals surface area (Å²) in [5.41, 5.74) is 0. The molecule has 0 spiro atoms. The second kappa shape index (κ2) is 10.7. The molecule has 0 fully saturated rings. The summed E-state index contributed by atoms with van der Waals surface area (Å²) in [7, 11) is 4.37. The van der Waals surface area contributed by atoms with E-state index >= 15 is 0 Å². The van der Waals surface area contributed by atoms with Gasteiger partial charge in [0.05, 0.1) is 0 Å². The molecule has 0 amide bonds. The molecule has 0 aromatic carbocycles. The Morgan fingerprint density at radius 1 is 0.947 bits per heavy atom. The molecule has 0 saturated heterocycles. The van der Waals surface area contributed by atoms with Gasteiger partial charge in [-0.15, -0.1) is 0 Å². The van der Waals surface area contributed by atoms with E-state index in [1.54, 1.807) is 0 Å². The van der Waals surface area contributed by atoms with Gasteiger partial charge in [-0.2, -0.15) is 0 Å². The van der Waals surface area contributed by atoms with Crippen molar-refractivity contribution in [2.24, 2.45) is 23.7 Å². The van der Waals surface area contributed by atoms with E-state index in [0.29, 0.717) is 0 Å². The predicted octanol–water partition coefficient (Wildman–Crippen LogP) is 5.45. The first-order valence-corrected chi connectivity index (χ1v) is 8.56. The van der Waals surface area contributed by atoms with E-state index in [-0.39, 0.29) is 0 Å². The first kappa shape index (κ1) is 19.0. The summed E-state index contributed by atoms with van der Waals surface area (Å²) < 4.78 is 0. The fraction of sp³-hybridized carbons (Fsp3) is 1.00. The van der Waals surface area contributed by atoms with Gasteiger partial charge in [-0.3, -0.25) is 0 Å². The van der Waals surface area contributed by atoms with Crippen LogP contribution in [0.2, 0.25) is 0 Å². The zero-order chi connectivity index (χ0) is 14.8. The minimum absolute atomic E-state index is 0.820. The fourth-order valence-corrected chi connectivity index (χ4v) is 3.51. The summed E-state index contributed by atoms with van der Waals surface area (Å²) in [6, 6.07) is 0. The second-order valence-corrected chi connectivity index (χ2v) is 7.10. The second-order valence-electron chi connectivity index (χ2n) is 7.10. The van der Waals surface area contributed by atoms with Gasteiger partial charge in [0, 0.05) is 6.54 Å². The average molecular weight is 270 g/mol. The standard InChI is InChI=1S/C18H39N/c1-8-10-11-12-18(9-2)17(5)16(4)13-15(3)14-19(6)7/h15-18H,8-14H2,1-7H3. The molecule has 0 aliphatic rings. The molecule has 0 N–H and O–H groups in total. The van der Waals surface area contributed by atoms with Gasteiger partial charge >= 0.3 is 0 Å². The van der Waals surface area contributed by atoms with E-state index in [1.165, 1.54) is 45.1 Å². The Labute approximate surface area is 123 Å². The van der Waals surface area contributed by atoms with E-state index in [1.807, 2.05) is 0 Å². The van der Waals surface area contributed by atoms with Gasteiger partial charge in [0.25, 0.3) is 0 Å². The van der Waals surface area contributed by atoms with E-state index < -0.39 is 0 Å². The normalized spacial score (nSPS) is 18.3. The minimum Gasteiger partial charge on any atom is -0.309 e. The third-order valence-corrected chi connectivity index (χ3v) is 4.79. The SMILES string of the molecule is CCCCCC(CC)C(C)C(C)CC(C)CN(C)C. The Morgan fingerprint density at radius 2 is 1.58 bits per heavy atom. The molecule has 0 heterocycles. The lowest BCUT2D eigenvalue weighted by Gasteiger charge is -2.30. The number of rotatable bonds is 11. The maximum Gasteiger partial charge on any atom is 0.000102 e. The minimum atomic E-state index is 0.820. The Hall–Kier alpha value is -0.0400. The van der Waals surface area contributed by atoms with Gasteiger partial charge in [-0.1, -0.05) is 66.7 Å². The van der Waals surface area contributed by atoms with Crippen LogP contribution in [0.5, 0.6) is 0 Å². The lowest BCUT2D eigenvalue weighted by atomic mass is 9.76. The summed E-state index contributed by atoms with van der Waals surface area (Å²) in [6.07, 6.45) is 8.37. The Kier molecular flexibility index (Phi) is 10.7. The highest BCUT2D eigenvalue weighted by Crippen LogP contribution is 2.31. The molecule has 0 saturated carbocycles. The molecule has 116 valence electrons. The van der Waals surface area contributed by atoms with Crippen LogP contribution >= 0.6 is 0 Å². The van der Waals surface area contributed by atoms with Crippen LogP contribution in [-0.4, -0.2) is 25.5 Å². The van der Waals surface area contributed by atoms with Crippen LogP contribution in [0.1, 0.15) is 73.1 Å². The molecule has 0 aromatic rings. The molecule has 0 aromatic heterocycles. The van der Waals surface area contributed by atoms with Crippen LogP contribution in [0.4, 0.5) is 0 Å². The molecule has 0 aliphatic carbocycles. The van der Waals surface area contributed by atoms with Gasteiger partial charge < -0.3 is 4.90 Å². The van der Waals surface area contributed by atoms with Gasteiger partial charge in [-0.25, -0.2) is 0 Å². The first-order valence-electron chi connectivity index (χ1n) is 8.56. The van der Waals surface area contributed by atoms with Crippen LogP contribution in [-0.2, 0) is 0 Å². The third kappa shape index (κ3) is 8.68. The Morgan fingerprint density at radius 3 is 2.05 bits per heavy atom. The number of hydrogen-bond donors (Lipinski definition) is 0. The quantitative estimate of drug-likeness (QED) is 0.451. The molecule has 4 unspecified atom stereocenters. The van der Waals surface area contributed by atoms with E-state index in [4.69, 9.17) is 0 Å². The number of hydrogen-bond acceptors (Lipinski definition) is 1. The van der Waals surface area contributed by atoms with Crippen molar-refractivity contribution in [3.8, 4) is 0 Å². The molecular formula is C18H39N. The molecule has 1 nitrogen and oxygen atoms in total. The van der Waals surface area contributed by atoms with Gasteiger partial charge in [0.2, 0.25) is 0 Å². The van der Waals surface area contributed by atoms with Crippen LogP contribution in [0.3, 0.4) is 0 Å². The molecule has 0 aliphatic heterocycles. The van der Waals surface area contributed by atoms with E-state index in [2.05, 4.69) is 53.6 Å². The molecule has 4 atom stereocenters. The summed E-state index contributed by atoms with van der Waals surface area (Å²) >= 11 is 0. The monoisotopic (exact) mass is 269 g/mol. The van der Waals surface area contributed by atoms with E-state index in [9.17, 15) is 0 Å². The van der Waals surface area contributed by atoms with Crippen LogP contribution in [0.25, 0.3) is 0 Å². The Bertz CT molecular complexity index is 200. The van der Waals surface area contributed by atoms with Crippen molar-refractivity contribution in [1.82, 2.24) is 4.90 Å². The zero-order valence-corrected chi connectivity index (χ0v) is 14.7. The molecule has 1 heteroatoms. The van der Waals surface area contributed by atoms with Crippen LogP contribution in [0, 0.1) is 23.7 Å². The fourth-order valence-electron chi connectivity index (χ4n) is 3.51. The highest BCUT2D eigenvalue weighted by atomic mass is 15.1. The lowest BCUT2D eigenvalue weighted by molar-refractivity contribution is 0.196. The van der Waals surface area contributed by atoms with Crippen molar-refractivity contribution in [3.63, 3.8) is 0 Å². The third-order valence-electron chi connectivity index (χ3n) is 4.79. The van der Waals surface area contributed by atoms with Crippen molar-refractivity contribution in [2.45, 2.75) is 73.1 Å². The summed E-state index contributed by atoms with van der Waals surface area (Å²) in [6.45, 7) is 13.3. The van der Waals surface area contributed by atoms with Crippen LogP contribution < -0.4 is 0 Å². The van der Waals surface area contributed by atoms with Crippen molar-refractivity contribution >= 4 is 0 Å². The highest BCUT2D eigenvalue weighted by molar-refractivity contribution is 4.73. The van der Waals surface area contributed by atoms with Crippen molar-refractivity contribution in [2.75, 3.05) is 20.6 Å². The van der Waals surface area contributed by atoms with Gasteiger partial charge in [0.1, 0.15) is 0 Å². The van der Waals surface area contributed by atoms with Crippen molar-refractivity contribution in [1.29, 1.82) is 0 Å². The van der Waals surface area contributed by atoms with E-state index in [0.717, 1.165) is 23.7 Å². The van der Waals surface area contributed by atoms with Crippen molar-refractivity contribution in [3.05, 3.63) is 0 Å². The summed E-state index contributed by atoms with van der Waals surface area (Å²) in [4.78, 5) is 2.32. The van der Waals surface area contributed by atoms with Gasteiger partial charge in [0.15, 0.2) is 0 Å². The summed E-state index contributed by atoms with van der Waals surface area (Å²) in [5, 5.41) is 0. The average Bonchev–Trinajstić information content (AvgIpc) is 2.32. The molecular weight excluding hydrogens is 230 g/mol. The molecule has 19 heavy (non-hydrogen) atoms. The molecule has 0 rings (SSSR count). The lowest BCUT2D eigenvalue weighted by Crippen LogP contribution is -2.25. The predicted molar refractivity (Wildman–Crippen MR) is 88.6 cm³/mol. The topological polar surface area (TPSA) is 3.24 Å². The number of unbranched alkanes of at least 4 members (excludes halogenated alkanes) is 2. The zero-order valence-electron chi connectivity index (χ0n) is 14.7. The van der Waals surface area contributed by atoms with Crippen molar-refractivity contribution < 1.29 is 0 Å². The molecule has 0 bridgehead atoms. The van der Waals surface area contributed by atoms with Gasteiger partial charge in [-0.05, 0) is 44.2 Å². The highest BCUT2D eigenvalue weighted by Gasteiger charge is 2.22. The molecule has 0 radical (unpaired) electrons. The number of nitrogens with zero attached hydrogens (tertiary/aromatic N) is 1. The van der Waals surface area contributed by atoms with Crippen LogP contribution in [0.15, 0.2) is 0 Å². The Balaban J connectivity index is 4.15.